The Kier molecular flexibility index (Phi) is 4.75. The number of fused-ring (bicyclic) bond motifs is 3. The molecule has 9 heteroatoms. The summed E-state index contributed by atoms with van der Waals surface area (Å²) in [5.41, 5.74) is 3.33. The molecule has 1 fully saturated rings. The van der Waals surface area contributed by atoms with Gasteiger partial charge in [0.15, 0.2) is 5.82 Å². The van der Waals surface area contributed by atoms with Crippen LogP contribution >= 0.6 is 0 Å². The topological polar surface area (TPSA) is 103 Å². The number of aromatic nitrogens is 4. The third-order valence-electron chi connectivity index (χ3n) is 5.86. The first-order valence-corrected chi connectivity index (χ1v) is 10.3. The van der Waals surface area contributed by atoms with Gasteiger partial charge in [0, 0.05) is 31.9 Å². The molecule has 4 heterocycles. The molecule has 1 saturated heterocycles. The van der Waals surface area contributed by atoms with Crippen LogP contribution in [0.15, 0.2) is 42.9 Å². The second-order valence-corrected chi connectivity index (χ2v) is 7.82. The highest BCUT2D eigenvalue weighted by Gasteiger charge is 2.40. The van der Waals surface area contributed by atoms with Crippen LogP contribution in [0.4, 0.5) is 17.5 Å². The van der Waals surface area contributed by atoms with E-state index in [-0.39, 0.29) is 11.9 Å². The van der Waals surface area contributed by atoms with Gasteiger partial charge in [-0.05, 0) is 24.5 Å². The minimum Gasteiger partial charge on any atom is -0.350 e. The van der Waals surface area contributed by atoms with Gasteiger partial charge in [0.1, 0.15) is 11.7 Å². The van der Waals surface area contributed by atoms with Gasteiger partial charge in [-0.25, -0.2) is 4.98 Å². The minimum atomic E-state index is -0.116. The van der Waals surface area contributed by atoms with Gasteiger partial charge >= 0.3 is 0 Å². The van der Waals surface area contributed by atoms with Gasteiger partial charge in [-0.2, -0.15) is 15.3 Å². The Labute approximate surface area is 179 Å². The summed E-state index contributed by atoms with van der Waals surface area (Å²) in [4.78, 5) is 25.4. The Morgan fingerprint density at radius 1 is 1.29 bits per heavy atom. The maximum atomic E-state index is 12.5. The second kappa shape index (κ2) is 7.72. The summed E-state index contributed by atoms with van der Waals surface area (Å²) >= 11 is 0. The molecule has 3 aromatic rings. The van der Waals surface area contributed by atoms with Crippen molar-refractivity contribution in [2.75, 3.05) is 28.7 Å². The first-order chi connectivity index (χ1) is 15.1. The van der Waals surface area contributed by atoms with E-state index in [0.29, 0.717) is 24.6 Å². The first-order valence-electron chi connectivity index (χ1n) is 10.3. The fraction of sp³-hybridized carbons (Fsp3) is 0.318. The standard InChI is InChI=1S/C22H22N8O/c1-28-19-12-25-22(27-20(19)30-8-4-7-18(30)21(28)31)24-10-15-11-26-29(13-15)14-17-6-3-2-5-16(17)9-23/h2-3,5-6,11-13,18H,4,7-8,10,14H2,1H3,(H,24,25,27). The minimum absolute atomic E-state index is 0.111. The van der Waals surface area contributed by atoms with E-state index in [1.165, 1.54) is 0 Å². The van der Waals surface area contributed by atoms with Crippen molar-refractivity contribution in [2.45, 2.75) is 32.0 Å². The molecule has 0 spiro atoms. The zero-order valence-corrected chi connectivity index (χ0v) is 17.2. The highest BCUT2D eigenvalue weighted by molar-refractivity contribution is 6.04. The van der Waals surface area contributed by atoms with Crippen molar-refractivity contribution in [3.63, 3.8) is 0 Å². The fourth-order valence-electron chi connectivity index (χ4n) is 4.23. The lowest BCUT2D eigenvalue weighted by atomic mass is 10.1. The zero-order valence-electron chi connectivity index (χ0n) is 17.2. The van der Waals surface area contributed by atoms with Crippen LogP contribution in [0.5, 0.6) is 0 Å². The second-order valence-electron chi connectivity index (χ2n) is 7.82. The predicted molar refractivity (Wildman–Crippen MR) is 116 cm³/mol. The molecular formula is C22H22N8O. The number of likely N-dealkylation sites (N-methyl/N-ethyl adjacent to an activating group) is 1. The largest absolute Gasteiger partial charge is 0.350 e. The molecule has 1 unspecified atom stereocenters. The van der Waals surface area contributed by atoms with Gasteiger partial charge in [0.2, 0.25) is 11.9 Å². The molecule has 156 valence electrons. The van der Waals surface area contributed by atoms with Crippen molar-refractivity contribution in [3.05, 3.63) is 59.5 Å². The van der Waals surface area contributed by atoms with Crippen LogP contribution in [-0.2, 0) is 17.9 Å². The van der Waals surface area contributed by atoms with Crippen LogP contribution < -0.4 is 15.1 Å². The zero-order chi connectivity index (χ0) is 21.4. The Bertz CT molecular complexity index is 1180. The lowest BCUT2D eigenvalue weighted by Crippen LogP contribution is -2.49. The van der Waals surface area contributed by atoms with Gasteiger partial charge in [0.05, 0.1) is 30.6 Å². The highest BCUT2D eigenvalue weighted by atomic mass is 16.2. The molecule has 9 nitrogen and oxygen atoms in total. The van der Waals surface area contributed by atoms with E-state index in [1.807, 2.05) is 35.1 Å². The Morgan fingerprint density at radius 3 is 3.03 bits per heavy atom. The Morgan fingerprint density at radius 2 is 2.16 bits per heavy atom. The van der Waals surface area contributed by atoms with Crippen molar-refractivity contribution in [3.8, 4) is 6.07 Å². The molecule has 2 aromatic heterocycles. The van der Waals surface area contributed by atoms with E-state index >= 15 is 0 Å². The van der Waals surface area contributed by atoms with Gasteiger partial charge < -0.3 is 15.1 Å². The molecule has 0 aliphatic carbocycles. The molecule has 0 bridgehead atoms. The van der Waals surface area contributed by atoms with E-state index in [0.717, 1.165) is 42.0 Å². The monoisotopic (exact) mass is 414 g/mol. The van der Waals surface area contributed by atoms with Crippen molar-refractivity contribution in [1.82, 2.24) is 19.7 Å². The number of anilines is 3. The van der Waals surface area contributed by atoms with Gasteiger partial charge in [-0.15, -0.1) is 0 Å². The molecule has 1 atom stereocenters. The lowest BCUT2D eigenvalue weighted by Gasteiger charge is -2.36. The first kappa shape index (κ1) is 19.1. The third kappa shape index (κ3) is 3.46. The third-order valence-corrected chi connectivity index (χ3v) is 5.86. The average Bonchev–Trinajstić information content (AvgIpc) is 3.46. The predicted octanol–water partition coefficient (Wildman–Crippen LogP) is 2.15. The average molecular weight is 414 g/mol. The molecular weight excluding hydrogens is 392 g/mol. The molecule has 1 aromatic carbocycles. The number of nitriles is 1. The molecule has 0 radical (unpaired) electrons. The number of amides is 1. The summed E-state index contributed by atoms with van der Waals surface area (Å²) in [6.07, 6.45) is 7.30. The number of hydrogen-bond donors (Lipinski definition) is 1. The van der Waals surface area contributed by atoms with Crippen LogP contribution in [0.25, 0.3) is 0 Å². The Balaban J connectivity index is 1.29. The number of carbonyl (C=O) groups excluding carboxylic acids is 1. The SMILES string of the molecule is CN1C(=O)C2CCCN2c2nc(NCc3cnn(Cc4ccccc4C#N)c3)ncc21. The van der Waals surface area contributed by atoms with Crippen molar-refractivity contribution < 1.29 is 4.79 Å². The maximum absolute atomic E-state index is 12.5. The summed E-state index contributed by atoms with van der Waals surface area (Å²) in [5.74, 6) is 1.44. The van der Waals surface area contributed by atoms with Gasteiger partial charge in [-0.3, -0.25) is 9.48 Å². The van der Waals surface area contributed by atoms with Crippen LogP contribution in [0.1, 0.15) is 29.5 Å². The number of benzene rings is 1. The smallest absolute Gasteiger partial charge is 0.249 e. The molecule has 31 heavy (non-hydrogen) atoms. The molecule has 2 aliphatic heterocycles. The molecule has 0 saturated carbocycles. The number of nitrogens with zero attached hydrogens (tertiary/aromatic N) is 7. The van der Waals surface area contributed by atoms with E-state index in [4.69, 9.17) is 4.98 Å². The van der Waals surface area contributed by atoms with Crippen LogP contribution in [0, 0.1) is 11.3 Å². The van der Waals surface area contributed by atoms with Crippen LogP contribution in [-0.4, -0.2) is 45.3 Å². The van der Waals surface area contributed by atoms with Crippen LogP contribution in [0.2, 0.25) is 0 Å². The van der Waals surface area contributed by atoms with Crippen LogP contribution in [0.3, 0.4) is 0 Å². The highest BCUT2D eigenvalue weighted by Crippen LogP contribution is 2.37. The summed E-state index contributed by atoms with van der Waals surface area (Å²) in [6, 6.07) is 9.63. The van der Waals surface area contributed by atoms with Crippen molar-refractivity contribution in [1.29, 1.82) is 5.26 Å². The van der Waals surface area contributed by atoms with E-state index in [9.17, 15) is 10.1 Å². The van der Waals surface area contributed by atoms with E-state index in [1.54, 1.807) is 24.3 Å². The molecule has 1 N–H and O–H groups in total. The number of nitrogens with one attached hydrogen (secondary N) is 1. The van der Waals surface area contributed by atoms with Crippen molar-refractivity contribution >= 4 is 23.4 Å². The van der Waals surface area contributed by atoms with E-state index in [2.05, 4.69) is 26.4 Å². The number of hydrogen-bond acceptors (Lipinski definition) is 7. The summed E-state index contributed by atoms with van der Waals surface area (Å²) < 4.78 is 1.82. The van der Waals surface area contributed by atoms with Crippen molar-refractivity contribution in [2.24, 2.45) is 0 Å². The van der Waals surface area contributed by atoms with E-state index < -0.39 is 0 Å². The summed E-state index contributed by atoms with van der Waals surface area (Å²) in [5, 5.41) is 16.9. The molecule has 2 aliphatic rings. The number of carbonyl (C=O) groups is 1. The fourth-order valence-corrected chi connectivity index (χ4v) is 4.23. The van der Waals surface area contributed by atoms with Gasteiger partial charge in [0.25, 0.3) is 0 Å². The Hall–Kier alpha value is -3.93. The molecule has 5 rings (SSSR count). The quantitative estimate of drug-likeness (QED) is 0.682. The molecule has 1 amide bonds. The maximum Gasteiger partial charge on any atom is 0.249 e. The lowest BCUT2D eigenvalue weighted by molar-refractivity contribution is -0.119. The van der Waals surface area contributed by atoms with Gasteiger partial charge in [-0.1, -0.05) is 18.2 Å². The summed E-state index contributed by atoms with van der Waals surface area (Å²) in [6.45, 7) is 1.90. The number of rotatable bonds is 5. The normalized spacial score (nSPS) is 17.3. The summed E-state index contributed by atoms with van der Waals surface area (Å²) in [7, 11) is 1.78.